The van der Waals surface area contributed by atoms with Crippen LogP contribution in [-0.4, -0.2) is 9.97 Å². The minimum absolute atomic E-state index is 0.988. The van der Waals surface area contributed by atoms with E-state index in [2.05, 4.69) is 9.97 Å². The number of pyridine rings is 1. The largest absolute Gasteiger partial charge is 0.244 e. The molecule has 2 aromatic rings. The lowest BCUT2D eigenvalue weighted by molar-refractivity contribution is 1.41. The van der Waals surface area contributed by atoms with Crippen molar-refractivity contribution >= 4 is 21.7 Å². The van der Waals surface area contributed by atoms with Crippen molar-refractivity contribution in [3.8, 4) is 0 Å². The van der Waals surface area contributed by atoms with Gasteiger partial charge in [0, 0.05) is 6.20 Å². The average Bonchev–Trinajstić information content (AvgIpc) is 2.55. The molecule has 0 fully saturated rings. The van der Waals surface area contributed by atoms with Gasteiger partial charge >= 0.3 is 0 Å². The normalized spacial score (nSPS) is 8.91. The van der Waals surface area contributed by atoms with Crippen LogP contribution in [0, 0.1) is 0 Å². The van der Waals surface area contributed by atoms with E-state index in [4.69, 9.17) is 0 Å². The van der Waals surface area contributed by atoms with Gasteiger partial charge in [-0.1, -0.05) is 13.8 Å². The van der Waals surface area contributed by atoms with E-state index in [0.717, 1.165) is 10.3 Å². The van der Waals surface area contributed by atoms with Gasteiger partial charge in [-0.15, -0.1) is 11.3 Å². The molecular formula is C8H10N2S. The summed E-state index contributed by atoms with van der Waals surface area (Å²) in [5.74, 6) is 0. The summed E-state index contributed by atoms with van der Waals surface area (Å²) < 4.78 is 0. The molecule has 0 bridgehead atoms. The van der Waals surface area contributed by atoms with Crippen molar-refractivity contribution in [3.05, 3.63) is 23.8 Å². The van der Waals surface area contributed by atoms with Crippen molar-refractivity contribution < 1.29 is 0 Å². The highest BCUT2D eigenvalue weighted by molar-refractivity contribution is 7.16. The molecule has 0 N–H and O–H groups in total. The van der Waals surface area contributed by atoms with Gasteiger partial charge in [-0.3, -0.25) is 0 Å². The van der Waals surface area contributed by atoms with Gasteiger partial charge in [-0.2, -0.15) is 0 Å². The Morgan fingerprint density at radius 1 is 1.27 bits per heavy atom. The molecule has 3 heteroatoms. The standard InChI is InChI=1S/C6H4N2S.C2H6/c1-2-5-6(7-3-1)9-4-8-5;1-2/h1-4H;1-2H3. The molecule has 0 radical (unpaired) electrons. The third-order valence-corrected chi connectivity index (χ3v) is 1.86. The Kier molecular flexibility index (Phi) is 2.98. The fourth-order valence-electron chi connectivity index (χ4n) is 0.704. The summed E-state index contributed by atoms with van der Waals surface area (Å²) in [6.07, 6.45) is 1.78. The summed E-state index contributed by atoms with van der Waals surface area (Å²) >= 11 is 1.57. The Morgan fingerprint density at radius 3 is 2.82 bits per heavy atom. The van der Waals surface area contributed by atoms with Crippen LogP contribution in [-0.2, 0) is 0 Å². The minimum atomic E-state index is 0.988. The lowest BCUT2D eigenvalue weighted by Gasteiger charge is -1.80. The second kappa shape index (κ2) is 4.03. The highest BCUT2D eigenvalue weighted by Crippen LogP contribution is 2.12. The van der Waals surface area contributed by atoms with Crippen LogP contribution in [0.3, 0.4) is 0 Å². The molecule has 2 aromatic heterocycles. The fraction of sp³-hybridized carbons (Fsp3) is 0.250. The molecule has 0 saturated carbocycles. The zero-order valence-corrected chi connectivity index (χ0v) is 7.43. The van der Waals surface area contributed by atoms with Crippen molar-refractivity contribution in [2.24, 2.45) is 0 Å². The molecule has 2 heterocycles. The first-order chi connectivity index (χ1) is 5.47. The number of hydrogen-bond acceptors (Lipinski definition) is 3. The minimum Gasteiger partial charge on any atom is -0.244 e. The zero-order valence-electron chi connectivity index (χ0n) is 6.61. The average molecular weight is 166 g/mol. The highest BCUT2D eigenvalue weighted by Gasteiger charge is 1.91. The summed E-state index contributed by atoms with van der Waals surface area (Å²) in [7, 11) is 0. The third kappa shape index (κ3) is 1.74. The predicted octanol–water partition coefficient (Wildman–Crippen LogP) is 2.72. The first kappa shape index (κ1) is 8.14. The van der Waals surface area contributed by atoms with Gasteiger partial charge < -0.3 is 0 Å². The second-order valence-electron chi connectivity index (χ2n) is 1.68. The molecule has 0 aliphatic heterocycles. The number of fused-ring (bicyclic) bond motifs is 1. The van der Waals surface area contributed by atoms with Gasteiger partial charge in [-0.05, 0) is 12.1 Å². The van der Waals surface area contributed by atoms with Gasteiger partial charge in [0.15, 0.2) is 0 Å². The molecule has 0 spiro atoms. The monoisotopic (exact) mass is 166 g/mol. The van der Waals surface area contributed by atoms with E-state index in [1.807, 2.05) is 26.0 Å². The quantitative estimate of drug-likeness (QED) is 0.601. The van der Waals surface area contributed by atoms with Crippen molar-refractivity contribution in [2.45, 2.75) is 13.8 Å². The number of rotatable bonds is 0. The number of aromatic nitrogens is 2. The maximum absolute atomic E-state index is 4.10. The summed E-state index contributed by atoms with van der Waals surface area (Å²) in [4.78, 5) is 9.18. The van der Waals surface area contributed by atoms with Crippen LogP contribution in [0.5, 0.6) is 0 Å². The SMILES string of the molecule is CC.c1cnc2scnc2c1. The van der Waals surface area contributed by atoms with Gasteiger partial charge in [0.2, 0.25) is 0 Å². The van der Waals surface area contributed by atoms with E-state index < -0.39 is 0 Å². The van der Waals surface area contributed by atoms with E-state index in [1.165, 1.54) is 0 Å². The van der Waals surface area contributed by atoms with Crippen molar-refractivity contribution in [1.29, 1.82) is 0 Å². The lowest BCUT2D eigenvalue weighted by atomic mass is 10.5. The molecule has 0 unspecified atom stereocenters. The van der Waals surface area contributed by atoms with E-state index in [1.54, 1.807) is 23.0 Å². The molecule has 2 nitrogen and oxygen atoms in total. The summed E-state index contributed by atoms with van der Waals surface area (Å²) in [5.41, 5.74) is 2.79. The summed E-state index contributed by atoms with van der Waals surface area (Å²) in [5, 5.41) is 0. The van der Waals surface area contributed by atoms with Crippen LogP contribution in [0.15, 0.2) is 23.8 Å². The van der Waals surface area contributed by atoms with E-state index in [-0.39, 0.29) is 0 Å². The predicted molar refractivity (Wildman–Crippen MR) is 48.8 cm³/mol. The maximum Gasteiger partial charge on any atom is 0.143 e. The third-order valence-electron chi connectivity index (χ3n) is 1.11. The Morgan fingerprint density at radius 2 is 2.09 bits per heavy atom. The van der Waals surface area contributed by atoms with E-state index in [9.17, 15) is 0 Å². The molecular weight excluding hydrogens is 156 g/mol. The highest BCUT2D eigenvalue weighted by atomic mass is 32.1. The molecule has 0 atom stereocenters. The lowest BCUT2D eigenvalue weighted by Crippen LogP contribution is -1.68. The van der Waals surface area contributed by atoms with Crippen LogP contribution in [0.25, 0.3) is 10.3 Å². The molecule has 0 aromatic carbocycles. The maximum atomic E-state index is 4.10. The number of thiazole rings is 1. The van der Waals surface area contributed by atoms with Crippen molar-refractivity contribution in [1.82, 2.24) is 9.97 Å². The van der Waals surface area contributed by atoms with Crippen molar-refractivity contribution in [2.75, 3.05) is 0 Å². The first-order valence-electron chi connectivity index (χ1n) is 3.61. The van der Waals surface area contributed by atoms with Gasteiger partial charge in [0.05, 0.1) is 11.0 Å². The molecule has 0 saturated heterocycles. The fourth-order valence-corrected chi connectivity index (χ4v) is 1.33. The topological polar surface area (TPSA) is 25.8 Å². The molecule has 11 heavy (non-hydrogen) atoms. The van der Waals surface area contributed by atoms with E-state index >= 15 is 0 Å². The molecule has 0 aliphatic rings. The molecule has 0 amide bonds. The molecule has 0 aliphatic carbocycles. The van der Waals surface area contributed by atoms with Gasteiger partial charge in [0.25, 0.3) is 0 Å². The number of nitrogens with zero attached hydrogens (tertiary/aromatic N) is 2. The first-order valence-corrected chi connectivity index (χ1v) is 4.49. The van der Waals surface area contributed by atoms with Crippen LogP contribution < -0.4 is 0 Å². The Bertz CT molecular complexity index is 286. The number of hydrogen-bond donors (Lipinski definition) is 0. The second-order valence-corrected chi connectivity index (χ2v) is 2.51. The Labute approximate surface area is 69.9 Å². The Balaban J connectivity index is 0.000000281. The van der Waals surface area contributed by atoms with Gasteiger partial charge in [0.1, 0.15) is 4.83 Å². The molecule has 2 rings (SSSR count). The van der Waals surface area contributed by atoms with Crippen LogP contribution in [0.1, 0.15) is 13.8 Å². The van der Waals surface area contributed by atoms with E-state index in [0.29, 0.717) is 0 Å². The summed E-state index contributed by atoms with van der Waals surface area (Å²) in [6, 6.07) is 3.85. The molecule has 58 valence electrons. The summed E-state index contributed by atoms with van der Waals surface area (Å²) in [6.45, 7) is 4.00. The smallest absolute Gasteiger partial charge is 0.143 e. The Hall–Kier alpha value is -0.960. The van der Waals surface area contributed by atoms with Gasteiger partial charge in [-0.25, -0.2) is 9.97 Å². The van der Waals surface area contributed by atoms with Crippen molar-refractivity contribution in [3.63, 3.8) is 0 Å². The van der Waals surface area contributed by atoms with Crippen LogP contribution >= 0.6 is 11.3 Å². The van der Waals surface area contributed by atoms with Crippen LogP contribution in [0.2, 0.25) is 0 Å². The zero-order chi connectivity index (χ0) is 8.10. The van der Waals surface area contributed by atoms with Crippen LogP contribution in [0.4, 0.5) is 0 Å².